The van der Waals surface area contributed by atoms with Crippen molar-refractivity contribution in [2.24, 2.45) is 5.92 Å². The summed E-state index contributed by atoms with van der Waals surface area (Å²) in [6, 6.07) is 30.2. The zero-order chi connectivity index (χ0) is 43.6. The largest absolute Gasteiger partial charge is 0.497 e. The second kappa shape index (κ2) is 17.7. The lowest BCUT2D eigenvalue weighted by molar-refractivity contribution is -0.146. The topological polar surface area (TPSA) is 188 Å². The SMILES string of the molecule is COc1ccc([Si](C)(C)[C@H]2[C@H](CCn3cc(C(CO)c4ccccc4)nn3)O[C@@]3(C(=O)N(Cc4cccc(NC(=O)[C@H](C)O)c4)c4ccc(NC(=O)[C@H](C)O)cc43)[C@@H]2C)cc1. The molecule has 0 aliphatic carbocycles. The Morgan fingerprint density at radius 1 is 0.918 bits per heavy atom. The molecular weight excluding hydrogens is 793 g/mol. The summed E-state index contributed by atoms with van der Waals surface area (Å²) in [6.07, 6.45) is -0.541. The van der Waals surface area contributed by atoms with Crippen LogP contribution in [0, 0.1) is 5.92 Å². The molecule has 2 aliphatic heterocycles. The van der Waals surface area contributed by atoms with Crippen LogP contribution in [0.15, 0.2) is 103 Å². The number of ether oxygens (including phenoxy) is 2. The number of rotatable bonds is 15. The first-order valence-electron chi connectivity index (χ1n) is 20.6. The van der Waals surface area contributed by atoms with E-state index in [1.54, 1.807) is 53.1 Å². The summed E-state index contributed by atoms with van der Waals surface area (Å²) in [5.41, 5.74) is 2.85. The average molecular weight is 847 g/mol. The molecular formula is C46H54N6O8Si. The molecule has 1 spiro atoms. The number of fused-ring (bicyclic) bond motifs is 2. The zero-order valence-corrected chi connectivity index (χ0v) is 36.3. The molecule has 4 aromatic carbocycles. The fourth-order valence-electron chi connectivity index (χ4n) is 9.14. The van der Waals surface area contributed by atoms with Crippen LogP contribution in [0.2, 0.25) is 18.6 Å². The van der Waals surface area contributed by atoms with Crippen molar-refractivity contribution >= 4 is 48.0 Å². The number of benzene rings is 4. The maximum Gasteiger partial charge on any atom is 0.264 e. The van der Waals surface area contributed by atoms with E-state index in [-0.39, 0.29) is 36.4 Å². The Morgan fingerprint density at radius 3 is 2.23 bits per heavy atom. The fourth-order valence-corrected chi connectivity index (χ4v) is 13.2. The lowest BCUT2D eigenvalue weighted by atomic mass is 9.82. The van der Waals surface area contributed by atoms with Gasteiger partial charge < -0.3 is 40.3 Å². The van der Waals surface area contributed by atoms with Gasteiger partial charge in [-0.25, -0.2) is 0 Å². The molecule has 1 aromatic heterocycles. The molecule has 0 bridgehead atoms. The molecule has 5 N–H and O–H groups in total. The second-order valence-electron chi connectivity index (χ2n) is 16.7. The molecule has 15 heteroatoms. The van der Waals surface area contributed by atoms with E-state index in [1.807, 2.05) is 54.7 Å². The predicted octanol–water partition coefficient (Wildman–Crippen LogP) is 4.90. The van der Waals surface area contributed by atoms with Crippen molar-refractivity contribution in [3.63, 3.8) is 0 Å². The molecule has 14 nitrogen and oxygen atoms in total. The quantitative estimate of drug-likeness (QED) is 0.0908. The maximum atomic E-state index is 15.5. The Balaban J connectivity index is 1.29. The first-order chi connectivity index (χ1) is 29.2. The van der Waals surface area contributed by atoms with Crippen LogP contribution in [0.3, 0.4) is 0 Å². The van der Waals surface area contributed by atoms with Crippen molar-refractivity contribution in [2.75, 3.05) is 29.3 Å². The van der Waals surface area contributed by atoms with Crippen LogP contribution in [-0.2, 0) is 37.8 Å². The zero-order valence-electron chi connectivity index (χ0n) is 35.3. The van der Waals surface area contributed by atoms with Crippen molar-refractivity contribution in [3.05, 3.63) is 126 Å². The van der Waals surface area contributed by atoms with Gasteiger partial charge in [0, 0.05) is 35.6 Å². The molecule has 1 saturated heterocycles. The maximum absolute atomic E-state index is 15.5. The lowest BCUT2D eigenvalue weighted by Gasteiger charge is -2.37. The van der Waals surface area contributed by atoms with Crippen LogP contribution in [0.1, 0.15) is 55.5 Å². The highest BCUT2D eigenvalue weighted by Crippen LogP contribution is 2.60. The van der Waals surface area contributed by atoms with Crippen LogP contribution >= 0.6 is 0 Å². The molecule has 1 fully saturated rings. The summed E-state index contributed by atoms with van der Waals surface area (Å²) in [5.74, 6) is -1.35. The number of carbonyl (C=O) groups is 3. The third-order valence-electron chi connectivity index (χ3n) is 12.3. The van der Waals surface area contributed by atoms with E-state index >= 15 is 4.79 Å². The summed E-state index contributed by atoms with van der Waals surface area (Å²) < 4.78 is 14.6. The van der Waals surface area contributed by atoms with E-state index in [1.165, 1.54) is 19.0 Å². The summed E-state index contributed by atoms with van der Waals surface area (Å²) in [5, 5.41) is 45.8. The summed E-state index contributed by atoms with van der Waals surface area (Å²) >= 11 is 0. The molecule has 2 aliphatic rings. The fraction of sp³-hybridized carbons (Fsp3) is 0.370. The number of anilines is 3. The Morgan fingerprint density at radius 2 is 1.59 bits per heavy atom. The molecule has 5 aromatic rings. The number of aryl methyl sites for hydroxylation is 1. The standard InChI is InChI=1S/C46H54N6O8Si/c1-28-42(61(5,6)36-18-16-35(59-4)17-19-36)41(21-22-51-26-39(49-50-51)37(27-53)32-12-8-7-9-13-32)60-46(28)38-24-34(48-44(57)30(3)55)15-20-40(38)52(45(46)58)25-31-11-10-14-33(23-31)47-43(56)29(2)54/h7-20,23-24,26,28-30,37,41-42,53-55H,21-22,25,27H2,1-6H3,(H,47,56)(H,48,57)/t28-,29+,30+,37?,41+,42-,46+/m1/s1. The van der Waals surface area contributed by atoms with Crippen LogP contribution in [0.5, 0.6) is 5.75 Å². The highest BCUT2D eigenvalue weighted by molar-refractivity contribution is 6.91. The van der Waals surface area contributed by atoms with Gasteiger partial charge in [-0.15, -0.1) is 5.10 Å². The third-order valence-corrected chi connectivity index (χ3v) is 16.7. The number of carbonyl (C=O) groups excluding carboxylic acids is 3. The van der Waals surface area contributed by atoms with Crippen molar-refractivity contribution in [2.45, 2.75) is 88.7 Å². The molecule has 3 heterocycles. The number of methoxy groups -OCH3 is 1. The van der Waals surface area contributed by atoms with Gasteiger partial charge in [0.1, 0.15) is 18.0 Å². The van der Waals surface area contributed by atoms with Crippen LogP contribution in [-0.4, -0.2) is 88.1 Å². The third kappa shape index (κ3) is 8.48. The smallest absolute Gasteiger partial charge is 0.264 e. The van der Waals surface area contributed by atoms with E-state index in [0.29, 0.717) is 41.3 Å². The van der Waals surface area contributed by atoms with Gasteiger partial charge >= 0.3 is 0 Å². The number of aromatic nitrogens is 3. The summed E-state index contributed by atoms with van der Waals surface area (Å²) in [7, 11) is -0.894. The minimum Gasteiger partial charge on any atom is -0.497 e. The normalized spacial score (nSPS) is 21.2. The number of aliphatic hydroxyl groups excluding tert-OH is 3. The average Bonchev–Trinajstić information content (AvgIpc) is 3.90. The number of hydrogen-bond acceptors (Lipinski definition) is 10. The van der Waals surface area contributed by atoms with Crippen LogP contribution in [0.25, 0.3) is 0 Å². The van der Waals surface area contributed by atoms with Gasteiger partial charge in [0.2, 0.25) is 0 Å². The van der Waals surface area contributed by atoms with Gasteiger partial charge in [-0.3, -0.25) is 19.1 Å². The highest BCUT2D eigenvalue weighted by Gasteiger charge is 2.66. The number of amides is 3. The molecule has 61 heavy (non-hydrogen) atoms. The van der Waals surface area contributed by atoms with E-state index in [9.17, 15) is 24.9 Å². The Hall–Kier alpha value is -5.71. The molecule has 0 saturated carbocycles. The van der Waals surface area contributed by atoms with Gasteiger partial charge in [0.15, 0.2) is 5.60 Å². The molecule has 3 amide bonds. The van der Waals surface area contributed by atoms with Crippen molar-refractivity contribution in [1.29, 1.82) is 0 Å². The number of hydrogen-bond donors (Lipinski definition) is 5. The first-order valence-corrected chi connectivity index (χ1v) is 23.7. The molecule has 320 valence electrons. The number of aliphatic hydroxyl groups is 3. The van der Waals surface area contributed by atoms with Gasteiger partial charge in [-0.05, 0) is 79.4 Å². The molecule has 0 radical (unpaired) electrons. The minimum absolute atomic E-state index is 0.107. The Bertz CT molecular complexity index is 2370. The van der Waals surface area contributed by atoms with E-state index in [0.717, 1.165) is 16.9 Å². The first kappa shape index (κ1) is 43.4. The van der Waals surface area contributed by atoms with Crippen LogP contribution in [0.4, 0.5) is 17.1 Å². The number of nitrogens with one attached hydrogen (secondary N) is 2. The van der Waals surface area contributed by atoms with Gasteiger partial charge in [-0.1, -0.05) is 85.0 Å². The molecule has 7 atom stereocenters. The lowest BCUT2D eigenvalue weighted by Crippen LogP contribution is -2.51. The van der Waals surface area contributed by atoms with E-state index in [4.69, 9.17) is 9.47 Å². The van der Waals surface area contributed by atoms with Gasteiger partial charge in [-0.2, -0.15) is 0 Å². The van der Waals surface area contributed by atoms with Gasteiger partial charge in [0.25, 0.3) is 17.7 Å². The minimum atomic E-state index is -2.53. The van der Waals surface area contributed by atoms with Crippen molar-refractivity contribution in [3.8, 4) is 5.75 Å². The molecule has 7 rings (SSSR count). The van der Waals surface area contributed by atoms with Crippen molar-refractivity contribution < 1.29 is 39.2 Å². The summed E-state index contributed by atoms with van der Waals surface area (Å²) in [6.45, 7) is 9.91. The Kier molecular flexibility index (Phi) is 12.6. The van der Waals surface area contributed by atoms with E-state index < -0.39 is 43.8 Å². The molecule has 1 unspecified atom stereocenters. The monoisotopic (exact) mass is 846 g/mol. The summed E-state index contributed by atoms with van der Waals surface area (Å²) in [4.78, 5) is 42.3. The van der Waals surface area contributed by atoms with E-state index in [2.05, 4.69) is 53.1 Å². The van der Waals surface area contributed by atoms with Gasteiger partial charge in [0.05, 0.1) is 51.7 Å². The van der Waals surface area contributed by atoms with Crippen LogP contribution < -0.4 is 25.5 Å². The number of nitrogens with zero attached hydrogens (tertiary/aromatic N) is 4. The van der Waals surface area contributed by atoms with Crippen molar-refractivity contribution in [1.82, 2.24) is 15.0 Å². The Labute approximate surface area is 356 Å². The predicted molar refractivity (Wildman–Crippen MR) is 234 cm³/mol. The highest BCUT2D eigenvalue weighted by atomic mass is 28.3. The second-order valence-corrected chi connectivity index (χ2v) is 21.3.